The van der Waals surface area contributed by atoms with Crippen LogP contribution in [0.4, 0.5) is 4.79 Å². The maximum Gasteiger partial charge on any atom is 0.325 e. The highest BCUT2D eigenvalue weighted by atomic mass is 16.5. The second-order valence-electron chi connectivity index (χ2n) is 5.25. The van der Waals surface area contributed by atoms with Gasteiger partial charge in [0.15, 0.2) is 0 Å². The first-order valence-electron chi connectivity index (χ1n) is 7.66. The quantitative estimate of drug-likeness (QED) is 0.749. The monoisotopic (exact) mass is 305 g/mol. The standard InChI is InChI=1S/C16H23N3O3/c1-3-16(12-6-8-13(9-7-12)22-4-2)14(20)19(11-5-10-17)15(21)18-16/h6-9H,3-5,10-11,17H2,1-2H3,(H,18,21). The fourth-order valence-electron chi connectivity index (χ4n) is 2.72. The summed E-state index contributed by atoms with van der Waals surface area (Å²) in [5.74, 6) is 0.534. The van der Waals surface area contributed by atoms with Crippen LogP contribution in [-0.4, -0.2) is 36.5 Å². The average molecular weight is 305 g/mol. The summed E-state index contributed by atoms with van der Waals surface area (Å²) in [6.45, 7) is 5.18. The third-order valence-electron chi connectivity index (χ3n) is 3.95. The lowest BCUT2D eigenvalue weighted by atomic mass is 9.87. The molecule has 1 saturated heterocycles. The van der Waals surface area contributed by atoms with Gasteiger partial charge in [-0.25, -0.2) is 4.79 Å². The first kappa shape index (κ1) is 16.3. The minimum atomic E-state index is -0.990. The molecule has 1 aliphatic heterocycles. The number of amides is 3. The number of carbonyl (C=O) groups excluding carboxylic acids is 2. The summed E-state index contributed by atoms with van der Waals surface area (Å²) in [7, 11) is 0. The summed E-state index contributed by atoms with van der Waals surface area (Å²) in [4.78, 5) is 26.1. The van der Waals surface area contributed by atoms with Crippen molar-refractivity contribution in [1.82, 2.24) is 10.2 Å². The molecule has 0 saturated carbocycles. The Morgan fingerprint density at radius 2 is 1.91 bits per heavy atom. The predicted octanol–water partition coefficient (Wildman–Crippen LogP) is 1.59. The van der Waals surface area contributed by atoms with Gasteiger partial charge in [-0.1, -0.05) is 19.1 Å². The van der Waals surface area contributed by atoms with E-state index in [4.69, 9.17) is 10.5 Å². The second kappa shape index (κ2) is 6.79. The number of hydrogen-bond acceptors (Lipinski definition) is 4. The number of nitrogens with zero attached hydrogens (tertiary/aromatic N) is 1. The van der Waals surface area contributed by atoms with Crippen LogP contribution in [0.2, 0.25) is 0 Å². The second-order valence-corrected chi connectivity index (χ2v) is 5.25. The van der Waals surface area contributed by atoms with Crippen molar-refractivity contribution < 1.29 is 14.3 Å². The zero-order valence-electron chi connectivity index (χ0n) is 13.1. The summed E-state index contributed by atoms with van der Waals surface area (Å²) < 4.78 is 5.42. The maximum atomic E-state index is 12.8. The molecule has 120 valence electrons. The largest absolute Gasteiger partial charge is 0.494 e. The Bertz CT molecular complexity index is 544. The van der Waals surface area contributed by atoms with Gasteiger partial charge in [-0.05, 0) is 44.0 Å². The molecule has 1 aliphatic rings. The van der Waals surface area contributed by atoms with Crippen molar-refractivity contribution in [3.05, 3.63) is 29.8 Å². The van der Waals surface area contributed by atoms with Crippen molar-refractivity contribution in [3.8, 4) is 5.75 Å². The number of carbonyl (C=O) groups is 2. The summed E-state index contributed by atoms with van der Waals surface area (Å²) in [6.07, 6.45) is 1.09. The molecular formula is C16H23N3O3. The van der Waals surface area contributed by atoms with Crippen LogP contribution in [0.25, 0.3) is 0 Å². The van der Waals surface area contributed by atoms with Gasteiger partial charge >= 0.3 is 6.03 Å². The number of rotatable bonds is 7. The van der Waals surface area contributed by atoms with E-state index in [2.05, 4.69) is 5.32 Å². The topological polar surface area (TPSA) is 84.7 Å². The van der Waals surface area contributed by atoms with Crippen LogP contribution in [0.15, 0.2) is 24.3 Å². The third kappa shape index (κ3) is 2.78. The van der Waals surface area contributed by atoms with E-state index in [1.807, 2.05) is 38.1 Å². The molecule has 1 atom stereocenters. The van der Waals surface area contributed by atoms with Crippen molar-refractivity contribution >= 4 is 11.9 Å². The van der Waals surface area contributed by atoms with Crippen LogP contribution in [0.3, 0.4) is 0 Å². The van der Waals surface area contributed by atoms with E-state index >= 15 is 0 Å². The van der Waals surface area contributed by atoms with Crippen LogP contribution >= 0.6 is 0 Å². The Kier molecular flexibility index (Phi) is 5.03. The predicted molar refractivity (Wildman–Crippen MR) is 83.5 cm³/mol. The maximum absolute atomic E-state index is 12.8. The molecule has 3 N–H and O–H groups in total. The van der Waals surface area contributed by atoms with E-state index in [0.717, 1.165) is 11.3 Å². The van der Waals surface area contributed by atoms with Gasteiger partial charge in [-0.15, -0.1) is 0 Å². The van der Waals surface area contributed by atoms with Gasteiger partial charge in [0.2, 0.25) is 0 Å². The third-order valence-corrected chi connectivity index (χ3v) is 3.95. The Hall–Kier alpha value is -2.08. The zero-order chi connectivity index (χ0) is 16.2. The van der Waals surface area contributed by atoms with E-state index in [1.54, 1.807) is 0 Å². The van der Waals surface area contributed by atoms with Gasteiger partial charge in [0, 0.05) is 6.54 Å². The summed E-state index contributed by atoms with van der Waals surface area (Å²) in [5, 5.41) is 2.85. The minimum absolute atomic E-state index is 0.211. The van der Waals surface area contributed by atoms with Crippen molar-refractivity contribution in [1.29, 1.82) is 0 Å². The molecule has 0 radical (unpaired) electrons. The van der Waals surface area contributed by atoms with Gasteiger partial charge in [0.05, 0.1) is 6.61 Å². The van der Waals surface area contributed by atoms with Crippen molar-refractivity contribution in [2.45, 2.75) is 32.2 Å². The lowest BCUT2D eigenvalue weighted by Gasteiger charge is -2.26. The highest BCUT2D eigenvalue weighted by molar-refractivity contribution is 6.07. The Morgan fingerprint density at radius 1 is 1.23 bits per heavy atom. The van der Waals surface area contributed by atoms with E-state index < -0.39 is 5.54 Å². The number of hydrogen-bond donors (Lipinski definition) is 2. The Balaban J connectivity index is 2.29. The van der Waals surface area contributed by atoms with Gasteiger partial charge in [-0.3, -0.25) is 9.69 Å². The van der Waals surface area contributed by atoms with E-state index in [-0.39, 0.29) is 11.9 Å². The molecule has 3 amide bonds. The van der Waals surface area contributed by atoms with Crippen LogP contribution in [0, 0.1) is 0 Å². The molecule has 0 aliphatic carbocycles. The average Bonchev–Trinajstić information content (AvgIpc) is 2.78. The highest BCUT2D eigenvalue weighted by Crippen LogP contribution is 2.33. The number of ether oxygens (including phenoxy) is 1. The first-order chi connectivity index (χ1) is 10.6. The molecule has 22 heavy (non-hydrogen) atoms. The molecule has 1 aromatic rings. The SMILES string of the molecule is CCOc1ccc(C2(CC)NC(=O)N(CCCN)C2=O)cc1. The number of urea groups is 1. The molecule has 0 aromatic heterocycles. The van der Waals surface area contributed by atoms with Crippen LogP contribution in [0.5, 0.6) is 5.75 Å². The van der Waals surface area contributed by atoms with Gasteiger partial charge in [-0.2, -0.15) is 0 Å². The Labute approximate surface area is 130 Å². The molecule has 1 fully saturated rings. The number of nitrogens with one attached hydrogen (secondary N) is 1. The first-order valence-corrected chi connectivity index (χ1v) is 7.66. The van der Waals surface area contributed by atoms with Crippen molar-refractivity contribution in [2.75, 3.05) is 19.7 Å². The molecule has 1 heterocycles. The molecule has 2 rings (SSSR count). The normalized spacial score (nSPS) is 21.1. The number of benzene rings is 1. The number of nitrogens with two attached hydrogens (primary N) is 1. The van der Waals surface area contributed by atoms with Crippen LogP contribution in [-0.2, 0) is 10.3 Å². The van der Waals surface area contributed by atoms with E-state index in [1.165, 1.54) is 4.90 Å². The van der Waals surface area contributed by atoms with Crippen molar-refractivity contribution in [3.63, 3.8) is 0 Å². The van der Waals surface area contributed by atoms with Crippen molar-refractivity contribution in [2.24, 2.45) is 5.73 Å². The summed E-state index contributed by atoms with van der Waals surface area (Å²) >= 11 is 0. The van der Waals surface area contributed by atoms with Gasteiger partial charge < -0.3 is 15.8 Å². The van der Waals surface area contributed by atoms with Gasteiger partial charge in [0.25, 0.3) is 5.91 Å². The summed E-state index contributed by atoms with van der Waals surface area (Å²) in [5.41, 5.74) is 5.25. The van der Waals surface area contributed by atoms with E-state index in [0.29, 0.717) is 32.5 Å². The molecule has 6 heteroatoms. The fraction of sp³-hybridized carbons (Fsp3) is 0.500. The van der Waals surface area contributed by atoms with Crippen LogP contribution in [0.1, 0.15) is 32.3 Å². The fourth-order valence-corrected chi connectivity index (χ4v) is 2.72. The molecule has 1 unspecified atom stereocenters. The lowest BCUT2D eigenvalue weighted by Crippen LogP contribution is -2.43. The summed E-state index contributed by atoms with van der Waals surface area (Å²) in [6, 6.07) is 6.95. The molecule has 6 nitrogen and oxygen atoms in total. The molecule has 0 spiro atoms. The smallest absolute Gasteiger partial charge is 0.325 e. The molecule has 1 aromatic carbocycles. The minimum Gasteiger partial charge on any atom is -0.494 e. The molecule has 0 bridgehead atoms. The lowest BCUT2D eigenvalue weighted by molar-refractivity contribution is -0.131. The Morgan fingerprint density at radius 3 is 2.45 bits per heavy atom. The van der Waals surface area contributed by atoms with E-state index in [9.17, 15) is 9.59 Å². The molecular weight excluding hydrogens is 282 g/mol. The number of imide groups is 1. The van der Waals surface area contributed by atoms with Gasteiger partial charge in [0.1, 0.15) is 11.3 Å². The highest BCUT2D eigenvalue weighted by Gasteiger charge is 2.50. The van der Waals surface area contributed by atoms with Crippen LogP contribution < -0.4 is 15.8 Å². The zero-order valence-corrected chi connectivity index (χ0v) is 13.1.